The maximum absolute atomic E-state index is 13.8. The molecule has 6 heteroatoms. The summed E-state index contributed by atoms with van der Waals surface area (Å²) in [5, 5.41) is -0.425. The topological polar surface area (TPSA) is 69.4 Å². The minimum atomic E-state index is -1.29. The van der Waals surface area contributed by atoms with Crippen LogP contribution in [0.15, 0.2) is 48.5 Å². The Kier molecular flexibility index (Phi) is 5.87. The summed E-state index contributed by atoms with van der Waals surface area (Å²) in [6, 6.07) is 13.3. The van der Waals surface area contributed by atoms with Crippen LogP contribution in [0.2, 0.25) is 0 Å². The molecule has 2 atom stereocenters. The van der Waals surface area contributed by atoms with Gasteiger partial charge in [0.1, 0.15) is 11.6 Å². The Labute approximate surface area is 136 Å². The summed E-state index contributed by atoms with van der Waals surface area (Å²) < 4.78 is 31.5. The summed E-state index contributed by atoms with van der Waals surface area (Å²) in [5.74, 6) is -0.167. The smallest absolute Gasteiger partial charge is 0.255 e. The van der Waals surface area contributed by atoms with Crippen molar-refractivity contribution in [1.29, 1.82) is 0 Å². The molecule has 0 radical (unpaired) electrons. The van der Waals surface area contributed by atoms with Gasteiger partial charge in [-0.3, -0.25) is 9.00 Å². The van der Waals surface area contributed by atoms with Gasteiger partial charge in [0.25, 0.3) is 5.91 Å². The molecule has 0 aliphatic carbocycles. The number of benzene rings is 2. The van der Waals surface area contributed by atoms with Gasteiger partial charge in [-0.05, 0) is 30.7 Å². The van der Waals surface area contributed by atoms with Crippen molar-refractivity contribution in [2.45, 2.75) is 17.9 Å². The Morgan fingerprint density at radius 1 is 1.26 bits per heavy atom. The van der Waals surface area contributed by atoms with Gasteiger partial charge in [-0.2, -0.15) is 0 Å². The minimum Gasteiger partial charge on any atom is -0.484 e. The zero-order valence-corrected chi connectivity index (χ0v) is 13.5. The zero-order valence-electron chi connectivity index (χ0n) is 12.7. The molecule has 4 nitrogen and oxygen atoms in total. The molecular weight excluding hydrogens is 317 g/mol. The van der Waals surface area contributed by atoms with Crippen molar-refractivity contribution < 1.29 is 18.1 Å². The quantitative estimate of drug-likeness (QED) is 0.846. The maximum Gasteiger partial charge on any atom is 0.255 e. The molecule has 0 aliphatic heterocycles. The van der Waals surface area contributed by atoms with E-state index in [0.717, 1.165) is 5.56 Å². The third-order valence-electron chi connectivity index (χ3n) is 3.33. The lowest BCUT2D eigenvalue weighted by Crippen LogP contribution is -2.20. The van der Waals surface area contributed by atoms with E-state index in [2.05, 4.69) is 0 Å². The average molecular weight is 335 g/mol. The lowest BCUT2D eigenvalue weighted by molar-refractivity contribution is -0.119. The fourth-order valence-electron chi connectivity index (χ4n) is 2.12. The first-order valence-electron chi connectivity index (χ1n) is 7.09. The largest absolute Gasteiger partial charge is 0.484 e. The lowest BCUT2D eigenvalue weighted by atomic mass is 10.1. The van der Waals surface area contributed by atoms with Crippen LogP contribution in [-0.4, -0.2) is 16.7 Å². The summed E-state index contributed by atoms with van der Waals surface area (Å²) >= 11 is 0. The normalized spacial score (nSPS) is 13.3. The first-order chi connectivity index (χ1) is 11.0. The van der Waals surface area contributed by atoms with Gasteiger partial charge in [-0.15, -0.1) is 0 Å². The molecule has 0 aliphatic rings. The second-order valence-corrected chi connectivity index (χ2v) is 6.85. The molecule has 1 amide bonds. The Balaban J connectivity index is 2.06. The van der Waals surface area contributed by atoms with Crippen LogP contribution in [0.4, 0.5) is 4.39 Å². The fraction of sp³-hybridized carbons (Fsp3) is 0.235. The average Bonchev–Trinajstić information content (AvgIpc) is 2.53. The Morgan fingerprint density at radius 2 is 2.00 bits per heavy atom. The molecule has 0 bridgehead atoms. The number of rotatable bonds is 7. The highest BCUT2D eigenvalue weighted by Crippen LogP contribution is 2.25. The summed E-state index contributed by atoms with van der Waals surface area (Å²) in [7, 11) is -1.29. The van der Waals surface area contributed by atoms with Crippen LogP contribution in [0.3, 0.4) is 0 Å². The molecule has 2 aromatic rings. The molecule has 2 N–H and O–H groups in total. The van der Waals surface area contributed by atoms with Gasteiger partial charge < -0.3 is 10.5 Å². The van der Waals surface area contributed by atoms with Gasteiger partial charge in [0.05, 0.1) is 5.25 Å². The molecule has 2 unspecified atom stereocenters. The molecule has 0 saturated carbocycles. The fourth-order valence-corrected chi connectivity index (χ4v) is 3.35. The van der Waals surface area contributed by atoms with Crippen molar-refractivity contribution in [3.8, 4) is 5.75 Å². The van der Waals surface area contributed by atoms with E-state index in [-0.39, 0.29) is 18.2 Å². The number of ether oxygens (including phenoxy) is 1. The van der Waals surface area contributed by atoms with Crippen LogP contribution in [0.1, 0.15) is 23.3 Å². The summed E-state index contributed by atoms with van der Waals surface area (Å²) in [6.07, 6.45) is 0. The third kappa shape index (κ3) is 4.89. The Bertz CT molecular complexity index is 720. The first-order valence-corrected chi connectivity index (χ1v) is 8.47. The molecule has 122 valence electrons. The van der Waals surface area contributed by atoms with E-state index in [1.807, 2.05) is 6.07 Å². The molecule has 0 heterocycles. The van der Waals surface area contributed by atoms with E-state index in [1.54, 1.807) is 43.3 Å². The van der Waals surface area contributed by atoms with Crippen LogP contribution < -0.4 is 10.5 Å². The number of primary amides is 1. The predicted octanol–water partition coefficient (Wildman–Crippen LogP) is 2.70. The van der Waals surface area contributed by atoms with Crippen molar-refractivity contribution in [3.05, 3.63) is 65.5 Å². The molecule has 2 rings (SSSR count). The second kappa shape index (κ2) is 7.87. The van der Waals surface area contributed by atoms with Crippen molar-refractivity contribution in [1.82, 2.24) is 0 Å². The standard InChI is InChI=1S/C17H18FNO3S/c1-12(15-7-2-3-8-16(15)18)23(21)11-13-5-4-6-14(9-13)22-10-17(19)20/h2-9,12H,10-11H2,1H3,(H2,19,20). The van der Waals surface area contributed by atoms with Crippen molar-refractivity contribution >= 4 is 16.7 Å². The molecule has 0 aromatic heterocycles. The Hall–Kier alpha value is -2.21. The molecule has 0 spiro atoms. The Morgan fingerprint density at radius 3 is 2.70 bits per heavy atom. The van der Waals surface area contributed by atoms with Gasteiger partial charge in [0.2, 0.25) is 0 Å². The van der Waals surface area contributed by atoms with Crippen LogP contribution in [0, 0.1) is 5.82 Å². The molecular formula is C17H18FNO3S. The molecule has 0 saturated heterocycles. The van der Waals surface area contributed by atoms with Crippen LogP contribution in [-0.2, 0) is 21.3 Å². The van der Waals surface area contributed by atoms with E-state index < -0.39 is 22.0 Å². The van der Waals surface area contributed by atoms with E-state index in [9.17, 15) is 13.4 Å². The lowest BCUT2D eigenvalue weighted by Gasteiger charge is -2.13. The van der Waals surface area contributed by atoms with Gasteiger partial charge >= 0.3 is 0 Å². The van der Waals surface area contributed by atoms with E-state index >= 15 is 0 Å². The second-order valence-electron chi connectivity index (χ2n) is 5.09. The highest BCUT2D eigenvalue weighted by molar-refractivity contribution is 7.84. The minimum absolute atomic E-state index is 0.210. The van der Waals surface area contributed by atoms with E-state index in [0.29, 0.717) is 11.3 Å². The highest BCUT2D eigenvalue weighted by Gasteiger charge is 2.17. The molecule has 2 aromatic carbocycles. The van der Waals surface area contributed by atoms with E-state index in [1.165, 1.54) is 6.07 Å². The van der Waals surface area contributed by atoms with Crippen LogP contribution >= 0.6 is 0 Å². The number of amides is 1. The summed E-state index contributed by atoms with van der Waals surface area (Å²) in [5.41, 5.74) is 6.25. The number of carbonyl (C=O) groups excluding carboxylic acids is 1. The van der Waals surface area contributed by atoms with Crippen LogP contribution in [0.25, 0.3) is 0 Å². The number of halogens is 1. The third-order valence-corrected chi connectivity index (χ3v) is 4.99. The number of nitrogens with two attached hydrogens (primary N) is 1. The van der Waals surface area contributed by atoms with Gasteiger partial charge in [-0.1, -0.05) is 30.3 Å². The number of hydrogen-bond donors (Lipinski definition) is 1. The van der Waals surface area contributed by atoms with Crippen molar-refractivity contribution in [3.63, 3.8) is 0 Å². The first kappa shape index (κ1) is 17.1. The monoisotopic (exact) mass is 335 g/mol. The van der Waals surface area contributed by atoms with Gasteiger partial charge in [-0.25, -0.2) is 4.39 Å². The molecule has 0 fully saturated rings. The number of carbonyl (C=O) groups is 1. The highest BCUT2D eigenvalue weighted by atomic mass is 32.2. The van der Waals surface area contributed by atoms with E-state index in [4.69, 9.17) is 10.5 Å². The van der Waals surface area contributed by atoms with Gasteiger partial charge in [0, 0.05) is 22.1 Å². The maximum atomic E-state index is 13.8. The summed E-state index contributed by atoms with van der Waals surface area (Å²) in [4.78, 5) is 10.7. The zero-order chi connectivity index (χ0) is 16.8. The van der Waals surface area contributed by atoms with Crippen LogP contribution in [0.5, 0.6) is 5.75 Å². The van der Waals surface area contributed by atoms with Crippen molar-refractivity contribution in [2.24, 2.45) is 5.73 Å². The predicted molar refractivity (Wildman–Crippen MR) is 87.8 cm³/mol. The SMILES string of the molecule is CC(c1ccccc1F)S(=O)Cc1cccc(OCC(N)=O)c1. The number of hydrogen-bond acceptors (Lipinski definition) is 3. The van der Waals surface area contributed by atoms with Gasteiger partial charge in [0.15, 0.2) is 6.61 Å². The molecule has 23 heavy (non-hydrogen) atoms. The van der Waals surface area contributed by atoms with Crippen molar-refractivity contribution in [2.75, 3.05) is 6.61 Å². The summed E-state index contributed by atoms with van der Waals surface area (Å²) in [6.45, 7) is 1.53.